The molecule has 0 radical (unpaired) electrons. The molecule has 1 heterocycles. The van der Waals surface area contributed by atoms with Crippen molar-refractivity contribution in [1.29, 1.82) is 0 Å². The second-order valence-electron chi connectivity index (χ2n) is 7.78. The van der Waals surface area contributed by atoms with Crippen LogP contribution in [0.2, 0.25) is 0 Å². The molecule has 6 nitrogen and oxygen atoms in total. The zero-order valence-corrected chi connectivity index (χ0v) is 17.5. The number of methoxy groups -OCH3 is 1. The average molecular weight is 389 g/mol. The summed E-state index contributed by atoms with van der Waals surface area (Å²) in [5, 5.41) is 7.06. The first-order valence-corrected chi connectivity index (χ1v) is 10.7. The third kappa shape index (κ3) is 5.61. The Kier molecular flexibility index (Phi) is 7.98. The molecular formula is C22H36N4O2. The van der Waals surface area contributed by atoms with E-state index in [1.807, 2.05) is 18.2 Å². The molecule has 3 rings (SSSR count). The predicted molar refractivity (Wildman–Crippen MR) is 114 cm³/mol. The molecule has 1 saturated heterocycles. The number of rotatable bonds is 7. The summed E-state index contributed by atoms with van der Waals surface area (Å²) in [6.07, 6.45) is 6.51. The van der Waals surface area contributed by atoms with Gasteiger partial charge in [-0.15, -0.1) is 0 Å². The van der Waals surface area contributed by atoms with Crippen LogP contribution in [0.5, 0.6) is 5.75 Å². The molecule has 28 heavy (non-hydrogen) atoms. The molecule has 1 aliphatic carbocycles. The molecule has 6 heteroatoms. The highest BCUT2D eigenvalue weighted by Crippen LogP contribution is 2.33. The van der Waals surface area contributed by atoms with Crippen molar-refractivity contribution in [3.05, 3.63) is 29.8 Å². The highest BCUT2D eigenvalue weighted by atomic mass is 16.5. The van der Waals surface area contributed by atoms with Gasteiger partial charge >= 0.3 is 0 Å². The van der Waals surface area contributed by atoms with E-state index in [2.05, 4.69) is 28.5 Å². The first-order chi connectivity index (χ1) is 13.8. The summed E-state index contributed by atoms with van der Waals surface area (Å²) in [7, 11) is 1.70. The molecule has 1 aromatic rings. The van der Waals surface area contributed by atoms with Gasteiger partial charge in [-0.25, -0.2) is 4.99 Å². The van der Waals surface area contributed by atoms with E-state index >= 15 is 0 Å². The van der Waals surface area contributed by atoms with Crippen LogP contribution in [-0.4, -0.2) is 62.9 Å². The summed E-state index contributed by atoms with van der Waals surface area (Å²) >= 11 is 0. The van der Waals surface area contributed by atoms with Gasteiger partial charge in [-0.1, -0.05) is 31.4 Å². The Hall–Kier alpha value is -1.79. The number of benzene rings is 1. The summed E-state index contributed by atoms with van der Waals surface area (Å²) in [5.74, 6) is 1.77. The van der Waals surface area contributed by atoms with Gasteiger partial charge in [-0.05, 0) is 37.5 Å². The van der Waals surface area contributed by atoms with Gasteiger partial charge in [0.1, 0.15) is 5.75 Å². The van der Waals surface area contributed by atoms with E-state index in [0.717, 1.165) is 56.7 Å². The van der Waals surface area contributed by atoms with E-state index in [4.69, 9.17) is 14.5 Å². The second kappa shape index (κ2) is 10.7. The second-order valence-corrected chi connectivity index (χ2v) is 7.78. The molecule has 0 atom stereocenters. The predicted octanol–water partition coefficient (Wildman–Crippen LogP) is 2.79. The lowest BCUT2D eigenvalue weighted by Gasteiger charge is -2.48. The summed E-state index contributed by atoms with van der Waals surface area (Å²) in [6, 6.07) is 8.11. The van der Waals surface area contributed by atoms with Crippen molar-refractivity contribution in [3.63, 3.8) is 0 Å². The number of nitrogens with zero attached hydrogens (tertiary/aromatic N) is 2. The SMILES string of the molecule is CCNC(=NCc1cccc(OC)c1)NCC1(N2CCOCC2)CCCCC1. The zero-order chi connectivity index (χ0) is 19.7. The van der Waals surface area contributed by atoms with E-state index in [-0.39, 0.29) is 5.54 Å². The van der Waals surface area contributed by atoms with E-state index in [9.17, 15) is 0 Å². The van der Waals surface area contributed by atoms with Crippen molar-refractivity contribution in [2.75, 3.05) is 46.5 Å². The number of ether oxygens (including phenoxy) is 2. The molecule has 0 spiro atoms. The minimum absolute atomic E-state index is 0.230. The topological polar surface area (TPSA) is 58.1 Å². The van der Waals surface area contributed by atoms with Gasteiger partial charge in [0, 0.05) is 31.7 Å². The zero-order valence-electron chi connectivity index (χ0n) is 17.5. The molecule has 1 aromatic carbocycles. The van der Waals surface area contributed by atoms with Crippen LogP contribution in [0.3, 0.4) is 0 Å². The van der Waals surface area contributed by atoms with Crippen LogP contribution >= 0.6 is 0 Å². The van der Waals surface area contributed by atoms with Crippen molar-refractivity contribution in [3.8, 4) is 5.75 Å². The number of morpholine rings is 1. The molecule has 0 bridgehead atoms. The highest BCUT2D eigenvalue weighted by Gasteiger charge is 2.38. The van der Waals surface area contributed by atoms with Crippen molar-refractivity contribution in [1.82, 2.24) is 15.5 Å². The van der Waals surface area contributed by atoms with Crippen LogP contribution in [-0.2, 0) is 11.3 Å². The third-order valence-corrected chi connectivity index (χ3v) is 5.95. The van der Waals surface area contributed by atoms with Crippen LogP contribution < -0.4 is 15.4 Å². The normalized spacial score (nSPS) is 20.6. The number of aliphatic imine (C=N–C) groups is 1. The Bertz CT molecular complexity index is 623. The highest BCUT2D eigenvalue weighted by molar-refractivity contribution is 5.79. The fraction of sp³-hybridized carbons (Fsp3) is 0.682. The van der Waals surface area contributed by atoms with Crippen molar-refractivity contribution in [2.45, 2.75) is 51.1 Å². The summed E-state index contributed by atoms with van der Waals surface area (Å²) in [6.45, 7) is 8.33. The Morgan fingerprint density at radius 1 is 1.18 bits per heavy atom. The van der Waals surface area contributed by atoms with Gasteiger partial charge in [0.15, 0.2) is 5.96 Å². The Morgan fingerprint density at radius 2 is 1.96 bits per heavy atom. The van der Waals surface area contributed by atoms with Crippen molar-refractivity contribution < 1.29 is 9.47 Å². The molecule has 2 fully saturated rings. The lowest BCUT2D eigenvalue weighted by molar-refractivity contribution is -0.0352. The number of guanidine groups is 1. The smallest absolute Gasteiger partial charge is 0.191 e. The van der Waals surface area contributed by atoms with Gasteiger partial charge in [0.05, 0.1) is 26.9 Å². The standard InChI is InChI=1S/C22H36N4O2/c1-3-23-21(24-17-19-8-7-9-20(16-19)27-2)25-18-22(10-5-4-6-11-22)26-12-14-28-15-13-26/h7-9,16H,3-6,10-15,17-18H2,1-2H3,(H2,23,24,25). The first-order valence-electron chi connectivity index (χ1n) is 10.7. The molecule has 0 aromatic heterocycles. The fourth-order valence-electron chi connectivity index (χ4n) is 4.38. The van der Waals surface area contributed by atoms with Gasteiger partial charge in [-0.2, -0.15) is 0 Å². The Morgan fingerprint density at radius 3 is 2.68 bits per heavy atom. The van der Waals surface area contributed by atoms with E-state index in [0.29, 0.717) is 6.54 Å². The maximum atomic E-state index is 5.60. The van der Waals surface area contributed by atoms with Gasteiger partial charge in [0.2, 0.25) is 0 Å². The number of nitrogens with one attached hydrogen (secondary N) is 2. The van der Waals surface area contributed by atoms with Crippen LogP contribution in [0.1, 0.15) is 44.6 Å². The van der Waals surface area contributed by atoms with Crippen LogP contribution in [0.4, 0.5) is 0 Å². The molecule has 0 amide bonds. The molecule has 156 valence electrons. The van der Waals surface area contributed by atoms with Gasteiger partial charge < -0.3 is 20.1 Å². The van der Waals surface area contributed by atoms with Crippen LogP contribution in [0.15, 0.2) is 29.3 Å². The average Bonchev–Trinajstić information content (AvgIpc) is 2.77. The monoisotopic (exact) mass is 388 g/mol. The summed E-state index contributed by atoms with van der Waals surface area (Å²) in [5.41, 5.74) is 1.38. The first kappa shape index (κ1) is 20.9. The minimum atomic E-state index is 0.230. The lowest BCUT2D eigenvalue weighted by Crippen LogP contribution is -2.60. The molecule has 0 unspecified atom stereocenters. The van der Waals surface area contributed by atoms with Crippen LogP contribution in [0.25, 0.3) is 0 Å². The fourth-order valence-corrected chi connectivity index (χ4v) is 4.38. The van der Waals surface area contributed by atoms with E-state index in [1.54, 1.807) is 7.11 Å². The molecule has 1 saturated carbocycles. The summed E-state index contributed by atoms with van der Waals surface area (Å²) < 4.78 is 10.9. The maximum absolute atomic E-state index is 5.60. The summed E-state index contributed by atoms with van der Waals surface area (Å²) in [4.78, 5) is 7.48. The van der Waals surface area contributed by atoms with Crippen molar-refractivity contribution >= 4 is 5.96 Å². The number of hydrogen-bond acceptors (Lipinski definition) is 4. The van der Waals surface area contributed by atoms with E-state index in [1.165, 1.54) is 32.1 Å². The quantitative estimate of drug-likeness (QED) is 0.556. The molecule has 1 aliphatic heterocycles. The van der Waals surface area contributed by atoms with Crippen LogP contribution in [0, 0.1) is 0 Å². The Balaban J connectivity index is 1.65. The van der Waals surface area contributed by atoms with E-state index < -0.39 is 0 Å². The number of hydrogen-bond donors (Lipinski definition) is 2. The van der Waals surface area contributed by atoms with Crippen molar-refractivity contribution in [2.24, 2.45) is 4.99 Å². The minimum Gasteiger partial charge on any atom is -0.497 e. The molecule has 2 N–H and O–H groups in total. The Labute approximate surface area is 169 Å². The molecular weight excluding hydrogens is 352 g/mol. The van der Waals surface area contributed by atoms with Gasteiger partial charge in [0.25, 0.3) is 0 Å². The molecule has 2 aliphatic rings. The largest absolute Gasteiger partial charge is 0.497 e. The van der Waals surface area contributed by atoms with Gasteiger partial charge in [-0.3, -0.25) is 4.90 Å². The lowest BCUT2D eigenvalue weighted by atomic mass is 9.80. The maximum Gasteiger partial charge on any atom is 0.191 e. The third-order valence-electron chi connectivity index (χ3n) is 5.95.